The van der Waals surface area contributed by atoms with Crippen LogP contribution >= 0.6 is 23.2 Å². The van der Waals surface area contributed by atoms with Crippen molar-refractivity contribution in [2.45, 2.75) is 32.0 Å². The Hall–Kier alpha value is -1.59. The van der Waals surface area contributed by atoms with Crippen molar-refractivity contribution < 1.29 is 14.6 Å². The van der Waals surface area contributed by atoms with Gasteiger partial charge < -0.3 is 15.1 Å². The zero-order valence-electron chi connectivity index (χ0n) is 16.3. The summed E-state index contributed by atoms with van der Waals surface area (Å²) in [5.74, 6) is 0.120. The number of benzene rings is 2. The van der Waals surface area contributed by atoms with Crippen molar-refractivity contribution in [3.63, 3.8) is 0 Å². The number of likely N-dealkylation sites (tertiary alicyclic amines) is 1. The molecule has 0 bridgehead atoms. The van der Waals surface area contributed by atoms with Crippen LogP contribution in [0.2, 0.25) is 10.0 Å². The van der Waals surface area contributed by atoms with Gasteiger partial charge in [-0.3, -0.25) is 4.79 Å². The van der Waals surface area contributed by atoms with E-state index in [4.69, 9.17) is 23.2 Å². The van der Waals surface area contributed by atoms with E-state index in [9.17, 15) is 4.79 Å². The fourth-order valence-electron chi connectivity index (χ4n) is 3.85. The monoisotopic (exact) mass is 421 g/mol. The number of amides is 1. The van der Waals surface area contributed by atoms with Crippen LogP contribution < -0.4 is 15.1 Å². The van der Waals surface area contributed by atoms with Crippen LogP contribution in [0.3, 0.4) is 0 Å². The SMILES string of the molecule is C[NH+](CC(=O)NC1CC[NH+](Cc2ccccc2)CC1)Cc1ccc(Cl)c(Cl)c1. The van der Waals surface area contributed by atoms with Crippen molar-refractivity contribution in [3.8, 4) is 0 Å². The van der Waals surface area contributed by atoms with Gasteiger partial charge >= 0.3 is 0 Å². The minimum Gasteiger partial charge on any atom is -0.348 e. The molecule has 6 heteroatoms. The molecule has 1 aliphatic heterocycles. The van der Waals surface area contributed by atoms with Crippen molar-refractivity contribution in [3.05, 3.63) is 69.7 Å². The number of halogens is 2. The lowest BCUT2D eigenvalue weighted by Gasteiger charge is -2.30. The third kappa shape index (κ3) is 6.49. The van der Waals surface area contributed by atoms with E-state index in [1.165, 1.54) is 5.56 Å². The summed E-state index contributed by atoms with van der Waals surface area (Å²) in [6.45, 7) is 4.47. The van der Waals surface area contributed by atoms with Gasteiger partial charge in [-0.05, 0) is 12.1 Å². The van der Waals surface area contributed by atoms with E-state index in [0.717, 1.165) is 49.5 Å². The van der Waals surface area contributed by atoms with Crippen LogP contribution in [0.15, 0.2) is 48.5 Å². The van der Waals surface area contributed by atoms with Gasteiger partial charge in [-0.2, -0.15) is 0 Å². The molecule has 1 saturated heterocycles. The number of quaternary nitrogens is 2. The van der Waals surface area contributed by atoms with E-state index in [2.05, 4.69) is 35.6 Å². The predicted molar refractivity (Wildman–Crippen MR) is 114 cm³/mol. The molecule has 0 aliphatic carbocycles. The second kappa shape index (κ2) is 10.3. The quantitative estimate of drug-likeness (QED) is 0.620. The topological polar surface area (TPSA) is 38.0 Å². The summed E-state index contributed by atoms with van der Waals surface area (Å²) in [6.07, 6.45) is 2.08. The van der Waals surface area contributed by atoms with E-state index in [0.29, 0.717) is 22.6 Å². The molecule has 0 saturated carbocycles. The van der Waals surface area contributed by atoms with Crippen LogP contribution in [0.1, 0.15) is 24.0 Å². The number of piperidine rings is 1. The zero-order chi connectivity index (χ0) is 19.9. The van der Waals surface area contributed by atoms with Crippen LogP contribution in [-0.4, -0.2) is 38.6 Å². The summed E-state index contributed by atoms with van der Waals surface area (Å²) in [6, 6.07) is 16.6. The molecule has 28 heavy (non-hydrogen) atoms. The van der Waals surface area contributed by atoms with Crippen molar-refractivity contribution in [2.75, 3.05) is 26.7 Å². The third-order valence-electron chi connectivity index (χ3n) is 5.31. The molecule has 0 aromatic heterocycles. The van der Waals surface area contributed by atoms with Crippen LogP contribution in [0.4, 0.5) is 0 Å². The fraction of sp³-hybridized carbons (Fsp3) is 0.409. The first-order valence-electron chi connectivity index (χ1n) is 9.91. The molecule has 1 fully saturated rings. The molecule has 1 amide bonds. The smallest absolute Gasteiger partial charge is 0.275 e. The van der Waals surface area contributed by atoms with Crippen molar-refractivity contribution in [1.29, 1.82) is 0 Å². The Bertz CT molecular complexity index is 777. The van der Waals surface area contributed by atoms with Gasteiger partial charge in [-0.1, -0.05) is 59.6 Å². The van der Waals surface area contributed by atoms with E-state index in [-0.39, 0.29) is 5.91 Å². The normalized spacial score (nSPS) is 20.5. The molecule has 3 rings (SSSR count). The largest absolute Gasteiger partial charge is 0.348 e. The number of hydrogen-bond acceptors (Lipinski definition) is 1. The van der Waals surface area contributed by atoms with Gasteiger partial charge in [-0.15, -0.1) is 0 Å². The van der Waals surface area contributed by atoms with Crippen LogP contribution in [-0.2, 0) is 17.9 Å². The first kappa shape index (κ1) is 21.1. The molecular weight excluding hydrogens is 393 g/mol. The maximum atomic E-state index is 12.4. The van der Waals surface area contributed by atoms with Gasteiger partial charge in [0, 0.05) is 30.0 Å². The van der Waals surface area contributed by atoms with E-state index >= 15 is 0 Å². The Balaban J connectivity index is 1.38. The molecule has 0 radical (unpaired) electrons. The van der Waals surface area contributed by atoms with Crippen molar-refractivity contribution in [2.24, 2.45) is 0 Å². The molecule has 0 spiro atoms. The highest BCUT2D eigenvalue weighted by atomic mass is 35.5. The van der Waals surface area contributed by atoms with Crippen LogP contribution in [0.5, 0.6) is 0 Å². The lowest BCUT2D eigenvalue weighted by atomic mass is 10.0. The maximum absolute atomic E-state index is 12.4. The first-order valence-corrected chi connectivity index (χ1v) is 10.7. The number of hydrogen-bond donors (Lipinski definition) is 3. The summed E-state index contributed by atoms with van der Waals surface area (Å²) in [4.78, 5) is 15.1. The Labute approximate surface area is 177 Å². The van der Waals surface area contributed by atoms with Gasteiger partial charge in [0.25, 0.3) is 5.91 Å². The van der Waals surface area contributed by atoms with Gasteiger partial charge in [-0.25, -0.2) is 0 Å². The summed E-state index contributed by atoms with van der Waals surface area (Å²) in [7, 11) is 2.02. The Morgan fingerprint density at radius 3 is 2.46 bits per heavy atom. The first-order chi connectivity index (χ1) is 13.5. The van der Waals surface area contributed by atoms with Crippen molar-refractivity contribution in [1.82, 2.24) is 5.32 Å². The summed E-state index contributed by atoms with van der Waals surface area (Å²) < 4.78 is 0. The molecule has 3 N–H and O–H groups in total. The molecular formula is C22H29Cl2N3O+2. The highest BCUT2D eigenvalue weighted by Gasteiger charge is 2.24. The molecule has 4 nitrogen and oxygen atoms in total. The summed E-state index contributed by atoms with van der Waals surface area (Å²) in [5, 5.41) is 4.33. The minimum atomic E-state index is 0.120. The fourth-order valence-corrected chi connectivity index (χ4v) is 4.17. The maximum Gasteiger partial charge on any atom is 0.275 e. The number of carbonyl (C=O) groups excluding carboxylic acids is 1. The average Bonchev–Trinajstić information content (AvgIpc) is 2.67. The molecule has 1 heterocycles. The zero-order valence-corrected chi connectivity index (χ0v) is 17.8. The van der Waals surface area contributed by atoms with Gasteiger partial charge in [0.2, 0.25) is 0 Å². The lowest BCUT2D eigenvalue weighted by Crippen LogP contribution is -3.12. The van der Waals surface area contributed by atoms with E-state index in [1.54, 1.807) is 11.0 Å². The standard InChI is InChI=1S/C22H27Cl2N3O/c1-26(14-18-7-8-20(23)21(24)13-18)16-22(28)25-19-9-11-27(12-10-19)15-17-5-3-2-4-6-17/h2-8,13,19H,9-12,14-16H2,1H3,(H,25,28)/p+2. The van der Waals surface area contributed by atoms with Crippen LogP contribution in [0, 0.1) is 0 Å². The summed E-state index contributed by atoms with van der Waals surface area (Å²) >= 11 is 12.0. The second-order valence-corrected chi connectivity index (χ2v) is 8.63. The average molecular weight is 422 g/mol. The highest BCUT2D eigenvalue weighted by molar-refractivity contribution is 6.42. The molecule has 1 unspecified atom stereocenters. The molecule has 1 aliphatic rings. The number of likely N-dealkylation sites (N-methyl/N-ethyl adjacent to an activating group) is 1. The number of carbonyl (C=O) groups is 1. The predicted octanol–water partition coefficient (Wildman–Crippen LogP) is 1.37. The lowest BCUT2D eigenvalue weighted by molar-refractivity contribution is -0.918. The molecule has 150 valence electrons. The molecule has 2 aromatic rings. The Morgan fingerprint density at radius 2 is 1.79 bits per heavy atom. The van der Waals surface area contributed by atoms with Gasteiger partial charge in [0.15, 0.2) is 6.54 Å². The number of rotatable bonds is 7. The molecule has 2 aromatic carbocycles. The van der Waals surface area contributed by atoms with E-state index in [1.807, 2.05) is 19.2 Å². The Morgan fingerprint density at radius 1 is 1.07 bits per heavy atom. The van der Waals surface area contributed by atoms with E-state index < -0.39 is 0 Å². The van der Waals surface area contributed by atoms with Gasteiger partial charge in [0.1, 0.15) is 13.1 Å². The summed E-state index contributed by atoms with van der Waals surface area (Å²) in [5.41, 5.74) is 2.46. The Kier molecular flexibility index (Phi) is 7.74. The molecule has 1 atom stereocenters. The number of nitrogens with one attached hydrogen (secondary N) is 3. The van der Waals surface area contributed by atoms with Crippen LogP contribution in [0.25, 0.3) is 0 Å². The second-order valence-electron chi connectivity index (χ2n) is 7.81. The van der Waals surface area contributed by atoms with Gasteiger partial charge in [0.05, 0.1) is 30.2 Å². The van der Waals surface area contributed by atoms with Crippen molar-refractivity contribution >= 4 is 29.1 Å². The highest BCUT2D eigenvalue weighted by Crippen LogP contribution is 2.22. The third-order valence-corrected chi connectivity index (χ3v) is 6.05. The minimum absolute atomic E-state index is 0.120.